The van der Waals surface area contributed by atoms with Gasteiger partial charge in [0.15, 0.2) is 0 Å². The van der Waals surface area contributed by atoms with Crippen LogP contribution in [0.4, 0.5) is 8.78 Å². The van der Waals surface area contributed by atoms with Gasteiger partial charge in [-0.3, -0.25) is 14.7 Å². The van der Waals surface area contributed by atoms with Crippen LogP contribution in [-0.4, -0.2) is 27.5 Å². The number of hydrogen-bond donors (Lipinski definition) is 1. The van der Waals surface area contributed by atoms with Crippen LogP contribution in [0.1, 0.15) is 17.0 Å². The Morgan fingerprint density at radius 3 is 2.54 bits per heavy atom. The van der Waals surface area contributed by atoms with Crippen molar-refractivity contribution in [2.75, 3.05) is 13.4 Å². The molecule has 0 aliphatic rings. The third kappa shape index (κ3) is 4.89. The summed E-state index contributed by atoms with van der Waals surface area (Å²) in [5.41, 5.74) is 2.65. The van der Waals surface area contributed by atoms with Crippen LogP contribution in [0.25, 0.3) is 11.1 Å². The monoisotopic (exact) mass is 403 g/mol. The van der Waals surface area contributed by atoms with Gasteiger partial charge >= 0.3 is 0 Å². The van der Waals surface area contributed by atoms with E-state index in [9.17, 15) is 13.0 Å². The van der Waals surface area contributed by atoms with Gasteiger partial charge in [-0.2, -0.15) is 0 Å². The highest BCUT2D eigenvalue weighted by Crippen LogP contribution is 2.32. The zero-order chi connectivity index (χ0) is 20.3. The minimum Gasteiger partial charge on any atom is -0.496 e. The van der Waals surface area contributed by atoms with E-state index >= 15 is 0 Å². The van der Waals surface area contributed by atoms with Crippen molar-refractivity contribution in [3.8, 4) is 16.9 Å². The maximum absolute atomic E-state index is 14.4. The maximum Gasteiger partial charge on any atom is 0.149 e. The standard InChI is InChI=1S/C20H19F2N3O2S/c1-27-20-8-14(21)3-4-17(20)18-10-16(25-11-19(18)22)9-15-7-13(5-6-24-15)12-28(2,23)26/h3-8,10-11,23H,9,12H2,1-2H3. The number of nitrogens with zero attached hydrogens (tertiary/aromatic N) is 2. The molecule has 8 heteroatoms. The molecule has 1 atom stereocenters. The van der Waals surface area contributed by atoms with Crippen molar-refractivity contribution >= 4 is 9.73 Å². The predicted octanol–water partition coefficient (Wildman–Crippen LogP) is 4.20. The lowest BCUT2D eigenvalue weighted by Crippen LogP contribution is -2.02. The first-order chi connectivity index (χ1) is 13.2. The van der Waals surface area contributed by atoms with Crippen molar-refractivity contribution in [1.82, 2.24) is 9.97 Å². The van der Waals surface area contributed by atoms with E-state index in [0.717, 1.165) is 11.8 Å². The summed E-state index contributed by atoms with van der Waals surface area (Å²) < 4.78 is 52.3. The van der Waals surface area contributed by atoms with Crippen LogP contribution in [-0.2, 0) is 21.9 Å². The largest absolute Gasteiger partial charge is 0.496 e. The van der Waals surface area contributed by atoms with Crippen LogP contribution < -0.4 is 4.74 Å². The average Bonchev–Trinajstić information content (AvgIpc) is 2.62. The fourth-order valence-electron chi connectivity index (χ4n) is 2.89. The summed E-state index contributed by atoms with van der Waals surface area (Å²) in [6.07, 6.45) is 4.41. The smallest absolute Gasteiger partial charge is 0.149 e. The molecule has 0 saturated heterocycles. The second-order valence-corrected chi connectivity index (χ2v) is 8.78. The van der Waals surface area contributed by atoms with Crippen molar-refractivity contribution in [3.05, 3.63) is 77.4 Å². The topological polar surface area (TPSA) is 75.9 Å². The molecule has 2 aromatic heterocycles. The summed E-state index contributed by atoms with van der Waals surface area (Å²) in [7, 11) is -1.27. The number of nitrogens with one attached hydrogen (secondary N) is 1. The van der Waals surface area contributed by atoms with Gasteiger partial charge in [-0.25, -0.2) is 13.0 Å². The zero-order valence-corrected chi connectivity index (χ0v) is 16.2. The van der Waals surface area contributed by atoms with Crippen molar-refractivity contribution < 1.29 is 17.7 Å². The van der Waals surface area contributed by atoms with Gasteiger partial charge in [0, 0.05) is 57.2 Å². The number of rotatable bonds is 6. The number of hydrogen-bond acceptors (Lipinski definition) is 5. The molecule has 5 nitrogen and oxygen atoms in total. The Bertz CT molecular complexity index is 1120. The van der Waals surface area contributed by atoms with Crippen molar-refractivity contribution in [2.24, 2.45) is 0 Å². The number of pyridine rings is 2. The lowest BCUT2D eigenvalue weighted by atomic mass is 10.0. The Labute approximate surface area is 162 Å². The van der Waals surface area contributed by atoms with Crippen molar-refractivity contribution in [3.63, 3.8) is 0 Å². The fraction of sp³-hybridized carbons (Fsp3) is 0.200. The number of methoxy groups -OCH3 is 1. The molecule has 0 radical (unpaired) electrons. The van der Waals surface area contributed by atoms with Crippen LogP contribution in [0.15, 0.2) is 48.8 Å². The molecule has 0 aliphatic heterocycles. The highest BCUT2D eigenvalue weighted by atomic mass is 32.2. The molecule has 0 aliphatic carbocycles. The second kappa shape index (κ2) is 8.02. The SMILES string of the molecule is COc1cc(F)ccc1-c1cc(Cc2cc(CS(C)(=N)=O)ccn2)ncc1F. The molecule has 3 aromatic rings. The molecule has 0 bridgehead atoms. The molecule has 2 heterocycles. The van der Waals surface area contributed by atoms with E-state index in [4.69, 9.17) is 9.52 Å². The first-order valence-corrected chi connectivity index (χ1v) is 10.5. The molecule has 0 fully saturated rings. The molecule has 1 aromatic carbocycles. The highest BCUT2D eigenvalue weighted by molar-refractivity contribution is 7.90. The molecule has 0 saturated carbocycles. The van der Waals surface area contributed by atoms with E-state index in [1.165, 1.54) is 31.6 Å². The lowest BCUT2D eigenvalue weighted by Gasteiger charge is -2.11. The first-order valence-electron chi connectivity index (χ1n) is 8.39. The van der Waals surface area contributed by atoms with Crippen LogP contribution in [0.5, 0.6) is 5.75 Å². The predicted molar refractivity (Wildman–Crippen MR) is 104 cm³/mol. The maximum atomic E-state index is 14.4. The minimum atomic E-state index is -2.66. The molecule has 0 amide bonds. The number of ether oxygens (including phenoxy) is 1. The molecule has 3 rings (SSSR count). The van der Waals surface area contributed by atoms with E-state index in [0.29, 0.717) is 23.4 Å². The van der Waals surface area contributed by atoms with E-state index < -0.39 is 21.4 Å². The van der Waals surface area contributed by atoms with Crippen molar-refractivity contribution in [1.29, 1.82) is 4.78 Å². The van der Waals surface area contributed by atoms with Crippen LogP contribution in [0.3, 0.4) is 0 Å². The van der Waals surface area contributed by atoms with Gasteiger partial charge in [0.25, 0.3) is 0 Å². The normalized spacial score (nSPS) is 13.1. The quantitative estimate of drug-likeness (QED) is 0.669. The van der Waals surface area contributed by atoms with Crippen LogP contribution in [0, 0.1) is 16.4 Å². The fourth-order valence-corrected chi connectivity index (χ4v) is 3.71. The van der Waals surface area contributed by atoms with Gasteiger partial charge in [-0.05, 0) is 35.9 Å². The molecule has 28 heavy (non-hydrogen) atoms. The van der Waals surface area contributed by atoms with Gasteiger partial charge in [0.05, 0.1) is 19.1 Å². The summed E-state index contributed by atoms with van der Waals surface area (Å²) in [4.78, 5) is 8.39. The Morgan fingerprint density at radius 2 is 1.82 bits per heavy atom. The van der Waals surface area contributed by atoms with Gasteiger partial charge < -0.3 is 4.74 Å². The number of aromatic nitrogens is 2. The van der Waals surface area contributed by atoms with E-state index in [1.807, 2.05) is 0 Å². The van der Waals surface area contributed by atoms with E-state index in [1.54, 1.807) is 24.4 Å². The van der Waals surface area contributed by atoms with Gasteiger partial charge in [0.1, 0.15) is 17.4 Å². The average molecular weight is 403 g/mol. The van der Waals surface area contributed by atoms with Crippen molar-refractivity contribution in [2.45, 2.75) is 12.2 Å². The van der Waals surface area contributed by atoms with E-state index in [2.05, 4.69) is 9.97 Å². The second-order valence-electron chi connectivity index (χ2n) is 6.48. The summed E-state index contributed by atoms with van der Waals surface area (Å²) in [5, 5.41) is 0. The van der Waals surface area contributed by atoms with E-state index in [-0.39, 0.29) is 17.1 Å². The molecule has 146 valence electrons. The van der Waals surface area contributed by atoms with Gasteiger partial charge in [-0.15, -0.1) is 0 Å². The third-order valence-corrected chi connectivity index (χ3v) is 4.94. The molecule has 1 unspecified atom stereocenters. The van der Waals surface area contributed by atoms with Crippen LogP contribution >= 0.6 is 0 Å². The summed E-state index contributed by atoms with van der Waals surface area (Å²) in [5.74, 6) is -0.657. The molecular weight excluding hydrogens is 384 g/mol. The molecule has 1 N–H and O–H groups in total. The van der Waals surface area contributed by atoms with Gasteiger partial charge in [-0.1, -0.05) is 0 Å². The first kappa shape index (κ1) is 19.9. The molecule has 0 spiro atoms. The summed E-state index contributed by atoms with van der Waals surface area (Å²) in [6, 6.07) is 8.96. The number of halogens is 2. The van der Waals surface area contributed by atoms with Gasteiger partial charge in [0.2, 0.25) is 0 Å². The Kier molecular flexibility index (Phi) is 5.69. The lowest BCUT2D eigenvalue weighted by molar-refractivity contribution is 0.412. The molecular formula is C20H19F2N3O2S. The van der Waals surface area contributed by atoms with Crippen LogP contribution in [0.2, 0.25) is 0 Å². The Morgan fingerprint density at radius 1 is 1.07 bits per heavy atom. The minimum absolute atomic E-state index is 0.136. The zero-order valence-electron chi connectivity index (χ0n) is 15.4. The highest BCUT2D eigenvalue weighted by Gasteiger charge is 2.14. The summed E-state index contributed by atoms with van der Waals surface area (Å²) >= 11 is 0. The Hall–Kier alpha value is -2.87. The summed E-state index contributed by atoms with van der Waals surface area (Å²) in [6.45, 7) is 0. The third-order valence-electron chi connectivity index (χ3n) is 4.05. The number of benzene rings is 1. The Balaban J connectivity index is 1.94.